The number of hydrogen-bond acceptors (Lipinski definition) is 6. The second-order valence-electron chi connectivity index (χ2n) is 7.97. The van der Waals surface area contributed by atoms with Crippen LogP contribution in [-0.4, -0.2) is 44.6 Å². The zero-order chi connectivity index (χ0) is 21.3. The fourth-order valence-corrected chi connectivity index (χ4v) is 5.37. The van der Waals surface area contributed by atoms with Gasteiger partial charge in [-0.2, -0.15) is 0 Å². The molecule has 1 heterocycles. The molecule has 30 heavy (non-hydrogen) atoms. The molecule has 0 radical (unpaired) electrons. The lowest BCUT2D eigenvalue weighted by molar-refractivity contribution is 0.0482. The number of hydrogen-bond donors (Lipinski definition) is 1. The molecule has 2 aromatic rings. The lowest BCUT2D eigenvalue weighted by Crippen LogP contribution is -2.39. The number of para-hydroxylation sites is 2. The van der Waals surface area contributed by atoms with Crippen LogP contribution < -0.4 is 14.8 Å². The number of rotatable bonds is 10. The van der Waals surface area contributed by atoms with E-state index in [2.05, 4.69) is 62.5 Å². The molecule has 6 heteroatoms. The average molecular weight is 448 g/mol. The molecule has 2 aromatic carbocycles. The number of fused-ring (bicyclic) bond motifs is 1. The SMILES string of the molecule is COCOc1c(SC[C@H](C)CNC2COc3ccccc3SC2)cccc1C(C)C. The molecule has 0 saturated carbocycles. The number of methoxy groups -OCH3 is 1. The predicted octanol–water partition coefficient (Wildman–Crippen LogP) is 5.66. The van der Waals surface area contributed by atoms with Gasteiger partial charge in [-0.15, -0.1) is 23.5 Å². The maximum absolute atomic E-state index is 5.99. The molecule has 1 unspecified atom stereocenters. The van der Waals surface area contributed by atoms with Gasteiger partial charge in [0.2, 0.25) is 0 Å². The standard InChI is InChI=1S/C24H33NO3S2/c1-17(2)20-8-7-11-23(24(20)28-16-26-4)29-14-18(3)12-25-19-13-27-21-9-5-6-10-22(21)30-15-19/h5-11,17-19,25H,12-16H2,1-4H3/t18-,19?/m1/s1. The molecule has 1 N–H and O–H groups in total. The van der Waals surface area contributed by atoms with E-state index in [0.29, 0.717) is 17.9 Å². The summed E-state index contributed by atoms with van der Waals surface area (Å²) in [4.78, 5) is 2.42. The minimum absolute atomic E-state index is 0.274. The van der Waals surface area contributed by atoms with Crippen molar-refractivity contribution in [1.82, 2.24) is 5.32 Å². The van der Waals surface area contributed by atoms with Crippen LogP contribution in [0.25, 0.3) is 0 Å². The van der Waals surface area contributed by atoms with Gasteiger partial charge in [-0.1, -0.05) is 45.0 Å². The van der Waals surface area contributed by atoms with E-state index in [4.69, 9.17) is 14.2 Å². The van der Waals surface area contributed by atoms with E-state index in [9.17, 15) is 0 Å². The average Bonchev–Trinajstić information content (AvgIpc) is 2.97. The molecule has 1 aliphatic rings. The monoisotopic (exact) mass is 447 g/mol. The van der Waals surface area contributed by atoms with Crippen LogP contribution in [0.2, 0.25) is 0 Å². The molecule has 3 rings (SSSR count). The van der Waals surface area contributed by atoms with Crippen molar-refractivity contribution in [2.75, 3.05) is 38.6 Å². The molecule has 0 fully saturated rings. The minimum atomic E-state index is 0.274. The van der Waals surface area contributed by atoms with E-state index in [1.54, 1.807) is 7.11 Å². The van der Waals surface area contributed by atoms with Gasteiger partial charge in [-0.05, 0) is 42.1 Å². The molecule has 1 aliphatic heterocycles. The summed E-state index contributed by atoms with van der Waals surface area (Å²) in [5, 5.41) is 3.70. The van der Waals surface area contributed by atoms with Crippen molar-refractivity contribution < 1.29 is 14.2 Å². The van der Waals surface area contributed by atoms with Crippen LogP contribution in [0.15, 0.2) is 52.3 Å². The number of nitrogens with one attached hydrogen (secondary N) is 1. The lowest BCUT2D eigenvalue weighted by atomic mass is 10.0. The van der Waals surface area contributed by atoms with Gasteiger partial charge in [-0.25, -0.2) is 0 Å². The van der Waals surface area contributed by atoms with E-state index < -0.39 is 0 Å². The van der Waals surface area contributed by atoms with Crippen molar-refractivity contribution in [1.29, 1.82) is 0 Å². The second-order valence-corrected chi connectivity index (χ2v) is 10.1. The third-order valence-electron chi connectivity index (χ3n) is 4.96. The highest BCUT2D eigenvalue weighted by molar-refractivity contribution is 7.99. The Bertz CT molecular complexity index is 773. The van der Waals surface area contributed by atoms with E-state index in [-0.39, 0.29) is 6.79 Å². The van der Waals surface area contributed by atoms with E-state index in [1.165, 1.54) is 15.4 Å². The van der Waals surface area contributed by atoms with Gasteiger partial charge in [0, 0.05) is 28.4 Å². The largest absolute Gasteiger partial charge is 0.491 e. The Labute approximate surface area is 189 Å². The summed E-state index contributed by atoms with van der Waals surface area (Å²) in [6.07, 6.45) is 0. The molecule has 0 aliphatic carbocycles. The Morgan fingerprint density at radius 3 is 2.80 bits per heavy atom. The van der Waals surface area contributed by atoms with Crippen LogP contribution in [0, 0.1) is 5.92 Å². The topological polar surface area (TPSA) is 39.7 Å². The first-order valence-electron chi connectivity index (χ1n) is 10.5. The zero-order valence-corrected chi connectivity index (χ0v) is 20.0. The molecule has 2 atom stereocenters. The summed E-state index contributed by atoms with van der Waals surface area (Å²) >= 11 is 3.73. The molecule has 164 valence electrons. The summed E-state index contributed by atoms with van der Waals surface area (Å²) in [5.74, 6) is 4.97. The normalized spacial score (nSPS) is 17.2. The van der Waals surface area contributed by atoms with E-state index >= 15 is 0 Å². The summed E-state index contributed by atoms with van der Waals surface area (Å²) < 4.78 is 17.1. The highest BCUT2D eigenvalue weighted by Crippen LogP contribution is 2.37. The summed E-state index contributed by atoms with van der Waals surface area (Å²) in [6, 6.07) is 15.1. The van der Waals surface area contributed by atoms with Crippen LogP contribution in [0.5, 0.6) is 11.5 Å². The second kappa shape index (κ2) is 11.9. The zero-order valence-electron chi connectivity index (χ0n) is 18.4. The van der Waals surface area contributed by atoms with Crippen LogP contribution in [0.4, 0.5) is 0 Å². The van der Waals surface area contributed by atoms with Crippen LogP contribution in [0.3, 0.4) is 0 Å². The first kappa shape index (κ1) is 23.3. The van der Waals surface area contributed by atoms with Gasteiger partial charge in [0.25, 0.3) is 0 Å². The molecule has 0 bridgehead atoms. The van der Waals surface area contributed by atoms with Crippen molar-refractivity contribution in [3.05, 3.63) is 48.0 Å². The maximum Gasteiger partial charge on any atom is 0.188 e. The number of ether oxygens (including phenoxy) is 3. The molecule has 0 saturated heterocycles. The third kappa shape index (κ3) is 6.58. The van der Waals surface area contributed by atoms with Crippen molar-refractivity contribution in [3.8, 4) is 11.5 Å². The van der Waals surface area contributed by atoms with Crippen LogP contribution in [-0.2, 0) is 4.74 Å². The molecule has 0 amide bonds. The first-order valence-corrected chi connectivity index (χ1v) is 12.5. The molecular formula is C24H33NO3S2. The van der Waals surface area contributed by atoms with Crippen LogP contribution in [0.1, 0.15) is 32.3 Å². The van der Waals surface area contributed by atoms with E-state index in [0.717, 1.165) is 36.2 Å². The summed E-state index contributed by atoms with van der Waals surface area (Å²) in [6.45, 7) is 8.64. The quantitative estimate of drug-likeness (QED) is 0.374. The highest BCUT2D eigenvalue weighted by Gasteiger charge is 2.18. The number of thioether (sulfide) groups is 2. The Balaban J connectivity index is 1.50. The fourth-order valence-electron chi connectivity index (χ4n) is 3.27. The Morgan fingerprint density at radius 2 is 2.00 bits per heavy atom. The molecule has 0 aromatic heterocycles. The first-order chi connectivity index (χ1) is 14.6. The van der Waals surface area contributed by atoms with Gasteiger partial charge >= 0.3 is 0 Å². The molecule has 4 nitrogen and oxygen atoms in total. The minimum Gasteiger partial charge on any atom is -0.491 e. The summed E-state index contributed by atoms with van der Waals surface area (Å²) in [5.41, 5.74) is 1.23. The maximum atomic E-state index is 5.99. The van der Waals surface area contributed by atoms with Gasteiger partial charge in [0.05, 0.1) is 6.04 Å². The highest BCUT2D eigenvalue weighted by atomic mass is 32.2. The Morgan fingerprint density at radius 1 is 1.17 bits per heavy atom. The fraction of sp³-hybridized carbons (Fsp3) is 0.500. The molecule has 0 spiro atoms. The van der Waals surface area contributed by atoms with Gasteiger partial charge in [0.1, 0.15) is 18.1 Å². The lowest BCUT2D eigenvalue weighted by Gasteiger charge is -2.20. The van der Waals surface area contributed by atoms with Gasteiger partial charge in [0.15, 0.2) is 6.79 Å². The smallest absolute Gasteiger partial charge is 0.188 e. The van der Waals surface area contributed by atoms with Crippen molar-refractivity contribution in [2.24, 2.45) is 5.92 Å². The number of benzene rings is 2. The van der Waals surface area contributed by atoms with Crippen molar-refractivity contribution in [2.45, 2.75) is 42.5 Å². The van der Waals surface area contributed by atoms with Crippen molar-refractivity contribution >= 4 is 23.5 Å². The van der Waals surface area contributed by atoms with Crippen LogP contribution >= 0.6 is 23.5 Å². The Hall–Kier alpha value is -1.34. The van der Waals surface area contributed by atoms with Gasteiger partial charge < -0.3 is 19.5 Å². The predicted molar refractivity (Wildman–Crippen MR) is 127 cm³/mol. The summed E-state index contributed by atoms with van der Waals surface area (Å²) in [7, 11) is 1.66. The third-order valence-corrected chi connectivity index (χ3v) is 7.55. The van der Waals surface area contributed by atoms with Gasteiger partial charge in [-0.3, -0.25) is 0 Å². The van der Waals surface area contributed by atoms with Crippen molar-refractivity contribution in [3.63, 3.8) is 0 Å². The Kier molecular flexibility index (Phi) is 9.25. The van der Waals surface area contributed by atoms with E-state index in [1.807, 2.05) is 29.6 Å². The molecular weight excluding hydrogens is 414 g/mol.